The lowest BCUT2D eigenvalue weighted by Crippen LogP contribution is -2.27. The molecule has 1 aliphatic carbocycles. The Hall–Kier alpha value is -1.57. The van der Waals surface area contributed by atoms with Crippen LogP contribution in [0.5, 0.6) is 0 Å². The van der Waals surface area contributed by atoms with Crippen molar-refractivity contribution < 1.29 is 9.53 Å². The molecule has 5 heteroatoms. The summed E-state index contributed by atoms with van der Waals surface area (Å²) in [6, 6.07) is 6.81. The fourth-order valence-corrected chi connectivity index (χ4v) is 2.77. The van der Waals surface area contributed by atoms with E-state index in [-0.39, 0.29) is 18.6 Å². The van der Waals surface area contributed by atoms with E-state index >= 15 is 0 Å². The Morgan fingerprint density at radius 3 is 3.05 bits per heavy atom. The molecule has 2 unspecified atom stereocenters. The van der Waals surface area contributed by atoms with E-state index in [0.29, 0.717) is 22.2 Å². The molecule has 1 fully saturated rings. The van der Waals surface area contributed by atoms with Crippen LogP contribution in [0, 0.1) is 17.2 Å². The molecule has 21 heavy (non-hydrogen) atoms. The van der Waals surface area contributed by atoms with E-state index in [1.165, 1.54) is 6.42 Å². The lowest BCUT2D eigenvalue weighted by Gasteiger charge is -2.26. The Kier molecular flexibility index (Phi) is 5.60. The zero-order chi connectivity index (χ0) is 15.2. The Balaban J connectivity index is 1.83. The summed E-state index contributed by atoms with van der Waals surface area (Å²) < 4.78 is 5.66. The van der Waals surface area contributed by atoms with Crippen LogP contribution in [0.2, 0.25) is 5.02 Å². The van der Waals surface area contributed by atoms with Gasteiger partial charge in [-0.05, 0) is 37.0 Å². The quantitative estimate of drug-likeness (QED) is 0.921. The van der Waals surface area contributed by atoms with E-state index in [0.717, 1.165) is 19.3 Å². The van der Waals surface area contributed by atoms with Crippen molar-refractivity contribution in [3.63, 3.8) is 0 Å². The number of benzene rings is 1. The first-order valence-corrected chi connectivity index (χ1v) is 7.57. The molecule has 1 saturated carbocycles. The molecule has 0 heterocycles. The topological polar surface area (TPSA) is 62.1 Å². The molecule has 0 aliphatic heterocycles. The van der Waals surface area contributed by atoms with E-state index < -0.39 is 0 Å². The summed E-state index contributed by atoms with van der Waals surface area (Å²) in [6.45, 7) is 2.26. The van der Waals surface area contributed by atoms with Gasteiger partial charge in [0.1, 0.15) is 12.7 Å². The molecule has 1 N–H and O–H groups in total. The number of halogens is 1. The highest BCUT2D eigenvalue weighted by molar-refractivity contribution is 6.31. The van der Waals surface area contributed by atoms with Gasteiger partial charge in [0.25, 0.3) is 0 Å². The molecule has 0 bridgehead atoms. The molecule has 112 valence electrons. The second kappa shape index (κ2) is 7.44. The smallest absolute Gasteiger partial charge is 0.250 e. The van der Waals surface area contributed by atoms with Crippen LogP contribution in [-0.4, -0.2) is 18.6 Å². The monoisotopic (exact) mass is 306 g/mol. The minimum atomic E-state index is -0.209. The van der Waals surface area contributed by atoms with E-state index in [4.69, 9.17) is 21.6 Å². The van der Waals surface area contributed by atoms with Crippen LogP contribution >= 0.6 is 11.6 Å². The van der Waals surface area contributed by atoms with Gasteiger partial charge in [-0.25, -0.2) is 0 Å². The molecule has 1 aromatic rings. The Morgan fingerprint density at radius 2 is 2.33 bits per heavy atom. The van der Waals surface area contributed by atoms with Gasteiger partial charge in [0.2, 0.25) is 5.91 Å². The lowest BCUT2D eigenvalue weighted by molar-refractivity contribution is -0.123. The summed E-state index contributed by atoms with van der Waals surface area (Å²) in [4.78, 5) is 11.9. The molecule has 0 aromatic heterocycles. The maximum Gasteiger partial charge on any atom is 0.250 e. The SMILES string of the molecule is CC1CCCC(OCC(=O)Nc2ccc(Cl)c(C#N)c2)C1. The van der Waals surface area contributed by atoms with Crippen LogP contribution in [0.3, 0.4) is 0 Å². The van der Waals surface area contributed by atoms with Crippen molar-refractivity contribution in [1.82, 2.24) is 0 Å². The normalized spacial score (nSPS) is 21.6. The largest absolute Gasteiger partial charge is 0.368 e. The molecule has 4 nitrogen and oxygen atoms in total. The summed E-state index contributed by atoms with van der Waals surface area (Å²) in [6.07, 6.45) is 4.63. The van der Waals surface area contributed by atoms with Gasteiger partial charge in [0.05, 0.1) is 16.7 Å². The number of hydrogen-bond donors (Lipinski definition) is 1. The average Bonchev–Trinajstić information content (AvgIpc) is 2.47. The zero-order valence-corrected chi connectivity index (χ0v) is 12.8. The van der Waals surface area contributed by atoms with Gasteiger partial charge in [-0.1, -0.05) is 31.4 Å². The average molecular weight is 307 g/mol. The lowest BCUT2D eigenvalue weighted by atomic mass is 9.89. The van der Waals surface area contributed by atoms with Crippen LogP contribution < -0.4 is 5.32 Å². The second-order valence-corrected chi connectivity index (χ2v) is 5.97. The predicted molar refractivity (Wildman–Crippen MR) is 82.2 cm³/mol. The van der Waals surface area contributed by atoms with Crippen molar-refractivity contribution in [2.45, 2.75) is 38.7 Å². The zero-order valence-electron chi connectivity index (χ0n) is 12.1. The van der Waals surface area contributed by atoms with Crippen molar-refractivity contribution in [2.75, 3.05) is 11.9 Å². The van der Waals surface area contributed by atoms with Gasteiger partial charge in [0.15, 0.2) is 0 Å². The number of carbonyl (C=O) groups excluding carboxylic acids is 1. The minimum Gasteiger partial charge on any atom is -0.368 e. The molecule has 0 spiro atoms. The first-order valence-electron chi connectivity index (χ1n) is 7.19. The van der Waals surface area contributed by atoms with Crippen molar-refractivity contribution in [3.8, 4) is 6.07 Å². The Morgan fingerprint density at radius 1 is 1.52 bits per heavy atom. The number of nitriles is 1. The highest BCUT2D eigenvalue weighted by Crippen LogP contribution is 2.25. The summed E-state index contributed by atoms with van der Waals surface area (Å²) in [5, 5.41) is 12.0. The first kappa shape index (κ1) is 15.8. The van der Waals surface area contributed by atoms with E-state index in [2.05, 4.69) is 12.2 Å². The van der Waals surface area contributed by atoms with Crippen LogP contribution in [-0.2, 0) is 9.53 Å². The molecule has 0 saturated heterocycles. The molecule has 2 rings (SSSR count). The molecule has 1 aliphatic rings. The highest BCUT2D eigenvalue weighted by atomic mass is 35.5. The molecule has 0 radical (unpaired) electrons. The molecule has 1 aromatic carbocycles. The van der Waals surface area contributed by atoms with Crippen molar-refractivity contribution >= 4 is 23.2 Å². The molecular formula is C16H19ClN2O2. The fraction of sp³-hybridized carbons (Fsp3) is 0.500. The van der Waals surface area contributed by atoms with Crippen molar-refractivity contribution in [2.24, 2.45) is 5.92 Å². The van der Waals surface area contributed by atoms with Crippen LogP contribution in [0.4, 0.5) is 5.69 Å². The van der Waals surface area contributed by atoms with Gasteiger partial charge in [0, 0.05) is 5.69 Å². The van der Waals surface area contributed by atoms with Gasteiger partial charge < -0.3 is 10.1 Å². The molecule has 1 amide bonds. The van der Waals surface area contributed by atoms with Crippen molar-refractivity contribution in [3.05, 3.63) is 28.8 Å². The highest BCUT2D eigenvalue weighted by Gasteiger charge is 2.20. The Labute approximate surface area is 130 Å². The number of anilines is 1. The summed E-state index contributed by atoms with van der Waals surface area (Å²) in [5.74, 6) is 0.459. The van der Waals surface area contributed by atoms with Crippen LogP contribution in [0.15, 0.2) is 18.2 Å². The summed E-state index contributed by atoms with van der Waals surface area (Å²) in [5.41, 5.74) is 0.901. The molecular weight excluding hydrogens is 288 g/mol. The van der Waals surface area contributed by atoms with Crippen LogP contribution in [0.25, 0.3) is 0 Å². The standard InChI is InChI=1S/C16H19ClN2O2/c1-11-3-2-4-14(7-11)21-10-16(20)19-13-5-6-15(17)12(8-13)9-18/h5-6,8,11,14H,2-4,7,10H2,1H3,(H,19,20). The number of nitrogens with one attached hydrogen (secondary N) is 1. The second-order valence-electron chi connectivity index (χ2n) is 5.56. The fourth-order valence-electron chi connectivity index (χ4n) is 2.61. The number of amides is 1. The minimum absolute atomic E-state index is 0.0436. The van der Waals surface area contributed by atoms with Crippen LogP contribution in [0.1, 0.15) is 38.2 Å². The number of nitrogens with zero attached hydrogens (tertiary/aromatic N) is 1. The number of hydrogen-bond acceptors (Lipinski definition) is 3. The van der Waals surface area contributed by atoms with Gasteiger partial charge in [-0.15, -0.1) is 0 Å². The summed E-state index contributed by atoms with van der Waals surface area (Å²) >= 11 is 5.85. The number of rotatable bonds is 4. The first-order chi connectivity index (χ1) is 10.1. The third kappa shape index (κ3) is 4.73. The number of carbonyl (C=O) groups is 1. The van der Waals surface area contributed by atoms with Gasteiger partial charge in [-0.3, -0.25) is 4.79 Å². The molecule has 2 atom stereocenters. The third-order valence-corrected chi connectivity index (χ3v) is 4.04. The predicted octanol–water partition coefficient (Wildman–Crippen LogP) is 3.75. The number of ether oxygens (including phenoxy) is 1. The third-order valence-electron chi connectivity index (χ3n) is 3.71. The van der Waals surface area contributed by atoms with E-state index in [9.17, 15) is 4.79 Å². The maximum absolute atomic E-state index is 11.9. The van der Waals surface area contributed by atoms with Gasteiger partial charge in [-0.2, -0.15) is 5.26 Å². The van der Waals surface area contributed by atoms with Crippen molar-refractivity contribution in [1.29, 1.82) is 5.26 Å². The van der Waals surface area contributed by atoms with E-state index in [1.54, 1.807) is 18.2 Å². The maximum atomic E-state index is 11.9. The van der Waals surface area contributed by atoms with Gasteiger partial charge >= 0.3 is 0 Å². The summed E-state index contributed by atoms with van der Waals surface area (Å²) in [7, 11) is 0. The van der Waals surface area contributed by atoms with E-state index in [1.807, 2.05) is 6.07 Å². The Bertz CT molecular complexity index is 554.